The topological polar surface area (TPSA) is 63.5 Å². The Balaban J connectivity index is 3.14. The first-order valence-corrected chi connectivity index (χ1v) is 7.69. The fraction of sp³-hybridized carbons (Fsp3) is 0.462. The molecule has 1 aromatic carbocycles. The van der Waals surface area contributed by atoms with Crippen molar-refractivity contribution in [1.29, 1.82) is 0 Å². The molecule has 0 N–H and O–H groups in total. The summed E-state index contributed by atoms with van der Waals surface area (Å²) in [7, 11) is 0. The molecular weight excluding hydrogens is 348 g/mol. The van der Waals surface area contributed by atoms with Crippen LogP contribution in [0.1, 0.15) is 30.6 Å². The van der Waals surface area contributed by atoms with Crippen LogP contribution in [0.15, 0.2) is 18.2 Å². The van der Waals surface area contributed by atoms with Crippen molar-refractivity contribution in [1.82, 2.24) is 4.90 Å². The van der Waals surface area contributed by atoms with Gasteiger partial charge in [-0.05, 0) is 32.4 Å². The van der Waals surface area contributed by atoms with Crippen LogP contribution < -0.4 is 0 Å². The summed E-state index contributed by atoms with van der Waals surface area (Å²) < 4.78 is 0. The maximum Gasteiger partial charge on any atom is 0.283 e. The van der Waals surface area contributed by atoms with E-state index in [4.69, 9.17) is 11.6 Å². The van der Waals surface area contributed by atoms with Crippen LogP contribution in [0, 0.1) is 10.1 Å². The number of nitrogens with zero attached hydrogens (tertiary/aromatic N) is 2. The molecule has 0 aliphatic rings. The number of amides is 1. The molecule has 5 nitrogen and oxygen atoms in total. The van der Waals surface area contributed by atoms with Crippen LogP contribution >= 0.6 is 27.5 Å². The van der Waals surface area contributed by atoms with E-state index in [1.807, 2.05) is 13.8 Å². The Hall–Kier alpha value is -1.14. The Morgan fingerprint density at radius 3 is 2.65 bits per heavy atom. The minimum atomic E-state index is -0.581. The van der Waals surface area contributed by atoms with Gasteiger partial charge in [0.1, 0.15) is 5.56 Å². The summed E-state index contributed by atoms with van der Waals surface area (Å²) in [6.45, 7) is 4.31. The second kappa shape index (κ2) is 7.59. The largest absolute Gasteiger partial charge is 0.336 e. The average molecular weight is 364 g/mol. The zero-order chi connectivity index (χ0) is 15.3. The Morgan fingerprint density at radius 1 is 1.50 bits per heavy atom. The highest BCUT2D eigenvalue weighted by Gasteiger charge is 2.26. The van der Waals surface area contributed by atoms with E-state index in [9.17, 15) is 14.9 Å². The fourth-order valence-corrected chi connectivity index (χ4v) is 2.23. The third-order valence-electron chi connectivity index (χ3n) is 2.80. The van der Waals surface area contributed by atoms with Gasteiger partial charge in [0, 0.05) is 29.0 Å². The lowest BCUT2D eigenvalue weighted by Crippen LogP contribution is -2.38. The first-order chi connectivity index (χ1) is 9.38. The molecule has 0 atom stereocenters. The van der Waals surface area contributed by atoms with Gasteiger partial charge in [-0.15, -0.1) is 0 Å². The Bertz CT molecular complexity index is 508. The third kappa shape index (κ3) is 4.18. The maximum absolute atomic E-state index is 12.5. The van der Waals surface area contributed by atoms with Crippen molar-refractivity contribution in [3.8, 4) is 0 Å². The summed E-state index contributed by atoms with van der Waals surface area (Å²) in [6.07, 6.45) is 0.783. The number of benzene rings is 1. The molecule has 0 aliphatic carbocycles. The average Bonchev–Trinajstić information content (AvgIpc) is 2.38. The number of hydrogen-bond acceptors (Lipinski definition) is 3. The minimum Gasteiger partial charge on any atom is -0.336 e. The SMILES string of the molecule is CC(C)N(CCCBr)C(=O)c1ccc(Cl)cc1[N+](=O)[O-]. The normalized spacial score (nSPS) is 10.7. The summed E-state index contributed by atoms with van der Waals surface area (Å²) in [4.78, 5) is 24.6. The number of carbonyl (C=O) groups excluding carboxylic acids is 1. The Morgan fingerprint density at radius 2 is 2.15 bits per heavy atom. The zero-order valence-electron chi connectivity index (χ0n) is 11.3. The first kappa shape index (κ1) is 16.9. The Kier molecular flexibility index (Phi) is 6.42. The van der Waals surface area contributed by atoms with Crippen molar-refractivity contribution < 1.29 is 9.72 Å². The molecule has 0 aromatic heterocycles. The Labute approximate surface area is 131 Å². The molecule has 0 saturated heterocycles. The third-order valence-corrected chi connectivity index (χ3v) is 3.60. The summed E-state index contributed by atoms with van der Waals surface area (Å²) in [5.41, 5.74) is -0.185. The van der Waals surface area contributed by atoms with Crippen molar-refractivity contribution in [3.05, 3.63) is 38.9 Å². The monoisotopic (exact) mass is 362 g/mol. The van der Waals surface area contributed by atoms with Crippen LogP contribution in [-0.4, -0.2) is 33.6 Å². The highest BCUT2D eigenvalue weighted by Crippen LogP contribution is 2.25. The van der Waals surface area contributed by atoms with Gasteiger partial charge in [-0.25, -0.2) is 0 Å². The predicted octanol–water partition coefficient (Wildman–Crippen LogP) is 3.88. The number of rotatable bonds is 6. The number of halogens is 2. The second-order valence-corrected chi connectivity index (χ2v) is 5.78. The van der Waals surface area contributed by atoms with Gasteiger partial charge >= 0.3 is 0 Å². The smallest absolute Gasteiger partial charge is 0.283 e. The lowest BCUT2D eigenvalue weighted by Gasteiger charge is -2.26. The van der Waals surface area contributed by atoms with E-state index in [-0.39, 0.29) is 28.2 Å². The fourth-order valence-electron chi connectivity index (χ4n) is 1.82. The second-order valence-electron chi connectivity index (χ2n) is 4.55. The standard InChI is InChI=1S/C13H16BrClN2O3/c1-9(2)16(7-3-6-14)13(18)11-5-4-10(15)8-12(11)17(19)20/h4-5,8-9H,3,6-7H2,1-2H3. The summed E-state index contributed by atoms with van der Waals surface area (Å²) in [6, 6.07) is 4.08. The molecule has 20 heavy (non-hydrogen) atoms. The number of alkyl halides is 1. The molecule has 7 heteroatoms. The van der Waals surface area contributed by atoms with Gasteiger partial charge < -0.3 is 4.90 Å². The number of carbonyl (C=O) groups is 1. The van der Waals surface area contributed by atoms with Gasteiger partial charge in [0.05, 0.1) is 4.92 Å². The minimum absolute atomic E-state index is 0.0307. The molecule has 0 unspecified atom stereocenters. The van der Waals surface area contributed by atoms with E-state index in [1.54, 1.807) is 4.90 Å². The molecule has 0 heterocycles. The van der Waals surface area contributed by atoms with Crippen molar-refractivity contribution in [3.63, 3.8) is 0 Å². The van der Waals surface area contributed by atoms with Crippen LogP contribution in [0.4, 0.5) is 5.69 Å². The molecular formula is C13H16BrClN2O3. The first-order valence-electron chi connectivity index (χ1n) is 6.19. The molecule has 0 saturated carbocycles. The van der Waals surface area contributed by atoms with Gasteiger partial charge in [-0.1, -0.05) is 27.5 Å². The highest BCUT2D eigenvalue weighted by atomic mass is 79.9. The van der Waals surface area contributed by atoms with Crippen molar-refractivity contribution >= 4 is 39.1 Å². The van der Waals surface area contributed by atoms with E-state index in [0.29, 0.717) is 6.54 Å². The molecule has 0 aliphatic heterocycles. The van der Waals surface area contributed by atoms with E-state index >= 15 is 0 Å². The van der Waals surface area contributed by atoms with Gasteiger partial charge in [0.25, 0.3) is 11.6 Å². The molecule has 1 rings (SSSR count). The van der Waals surface area contributed by atoms with Crippen molar-refractivity contribution in [2.75, 3.05) is 11.9 Å². The quantitative estimate of drug-likeness (QED) is 0.437. The van der Waals surface area contributed by atoms with E-state index < -0.39 is 4.92 Å². The molecule has 110 valence electrons. The molecule has 1 amide bonds. The van der Waals surface area contributed by atoms with Gasteiger partial charge in [0.15, 0.2) is 0 Å². The molecule has 1 aromatic rings. The van der Waals surface area contributed by atoms with E-state index in [1.165, 1.54) is 18.2 Å². The van der Waals surface area contributed by atoms with Gasteiger partial charge in [-0.2, -0.15) is 0 Å². The van der Waals surface area contributed by atoms with Crippen LogP contribution in [0.3, 0.4) is 0 Å². The van der Waals surface area contributed by atoms with Crippen LogP contribution in [0.5, 0.6) is 0 Å². The van der Waals surface area contributed by atoms with Gasteiger partial charge in [0.2, 0.25) is 0 Å². The summed E-state index contributed by atoms with van der Waals surface area (Å²) in [5, 5.41) is 12.1. The van der Waals surface area contributed by atoms with E-state index in [2.05, 4.69) is 15.9 Å². The van der Waals surface area contributed by atoms with Crippen LogP contribution in [-0.2, 0) is 0 Å². The van der Waals surface area contributed by atoms with E-state index in [0.717, 1.165) is 11.8 Å². The van der Waals surface area contributed by atoms with Crippen molar-refractivity contribution in [2.45, 2.75) is 26.3 Å². The maximum atomic E-state index is 12.5. The molecule has 0 spiro atoms. The van der Waals surface area contributed by atoms with Crippen LogP contribution in [0.2, 0.25) is 5.02 Å². The molecule has 0 radical (unpaired) electrons. The lowest BCUT2D eigenvalue weighted by molar-refractivity contribution is -0.385. The zero-order valence-corrected chi connectivity index (χ0v) is 13.6. The summed E-state index contributed by atoms with van der Waals surface area (Å²) in [5.74, 6) is -0.343. The van der Waals surface area contributed by atoms with Gasteiger partial charge in [-0.3, -0.25) is 14.9 Å². The van der Waals surface area contributed by atoms with Crippen LogP contribution in [0.25, 0.3) is 0 Å². The highest BCUT2D eigenvalue weighted by molar-refractivity contribution is 9.09. The molecule has 0 bridgehead atoms. The number of hydrogen-bond donors (Lipinski definition) is 0. The number of nitro groups is 1. The lowest BCUT2D eigenvalue weighted by atomic mass is 10.1. The predicted molar refractivity (Wildman–Crippen MR) is 82.7 cm³/mol. The summed E-state index contributed by atoms with van der Waals surface area (Å²) >= 11 is 9.07. The number of nitro benzene ring substituents is 1. The van der Waals surface area contributed by atoms with Crippen molar-refractivity contribution in [2.24, 2.45) is 0 Å². The molecule has 0 fully saturated rings.